The summed E-state index contributed by atoms with van der Waals surface area (Å²) in [5.74, 6) is -1.62. The van der Waals surface area contributed by atoms with Gasteiger partial charge in [-0.2, -0.15) is 13.2 Å². The third kappa shape index (κ3) is 3.27. The zero-order valence-corrected chi connectivity index (χ0v) is 10.9. The van der Waals surface area contributed by atoms with E-state index in [0.717, 1.165) is 6.07 Å². The molecule has 1 aromatic rings. The Kier molecular flexibility index (Phi) is 3.99. The van der Waals surface area contributed by atoms with Gasteiger partial charge >= 0.3 is 6.18 Å². The van der Waals surface area contributed by atoms with Crippen molar-refractivity contribution in [3.05, 3.63) is 35.1 Å². The van der Waals surface area contributed by atoms with Crippen molar-refractivity contribution < 1.29 is 22.4 Å². The number of amides is 1. The summed E-state index contributed by atoms with van der Waals surface area (Å²) in [7, 11) is 1.89. The number of halogens is 4. The fraction of sp³-hybridized carbons (Fsp3) is 0.462. The standard InChI is InChI=1S/C13H14F4N2O/c1-18-2-4-19(5-3-18)12(20)9-6-10(13(15,16)17)8-11(14)7-9/h6-8H,2-5H2,1H3. The molecule has 0 bridgehead atoms. The highest BCUT2D eigenvalue weighted by Gasteiger charge is 2.32. The van der Waals surface area contributed by atoms with Crippen molar-refractivity contribution in [2.75, 3.05) is 33.2 Å². The lowest BCUT2D eigenvalue weighted by molar-refractivity contribution is -0.137. The van der Waals surface area contributed by atoms with Gasteiger partial charge in [-0.15, -0.1) is 0 Å². The van der Waals surface area contributed by atoms with E-state index in [9.17, 15) is 22.4 Å². The van der Waals surface area contributed by atoms with E-state index in [0.29, 0.717) is 38.3 Å². The Morgan fingerprint density at radius 3 is 2.25 bits per heavy atom. The topological polar surface area (TPSA) is 23.6 Å². The number of hydrogen-bond donors (Lipinski definition) is 0. The van der Waals surface area contributed by atoms with Gasteiger partial charge in [-0.3, -0.25) is 4.79 Å². The minimum absolute atomic E-state index is 0.262. The molecule has 0 N–H and O–H groups in total. The zero-order valence-electron chi connectivity index (χ0n) is 10.9. The molecule has 0 radical (unpaired) electrons. The van der Waals surface area contributed by atoms with E-state index in [-0.39, 0.29) is 5.56 Å². The summed E-state index contributed by atoms with van der Waals surface area (Å²) in [5, 5.41) is 0. The van der Waals surface area contributed by atoms with Gasteiger partial charge in [-0.1, -0.05) is 0 Å². The molecule has 1 aromatic carbocycles. The molecule has 0 aliphatic carbocycles. The van der Waals surface area contributed by atoms with Crippen LogP contribution in [0.1, 0.15) is 15.9 Å². The highest BCUT2D eigenvalue weighted by molar-refractivity contribution is 5.94. The lowest BCUT2D eigenvalue weighted by Crippen LogP contribution is -2.47. The van der Waals surface area contributed by atoms with Crippen LogP contribution in [-0.4, -0.2) is 48.9 Å². The molecular weight excluding hydrogens is 276 g/mol. The summed E-state index contributed by atoms with van der Waals surface area (Å²) in [6.07, 6.45) is -4.67. The van der Waals surface area contributed by atoms with Crippen molar-refractivity contribution in [2.24, 2.45) is 0 Å². The van der Waals surface area contributed by atoms with Crippen LogP contribution >= 0.6 is 0 Å². The van der Waals surface area contributed by atoms with Gasteiger partial charge in [0.05, 0.1) is 5.56 Å². The van der Waals surface area contributed by atoms with Gasteiger partial charge < -0.3 is 9.80 Å². The van der Waals surface area contributed by atoms with Gasteiger partial charge in [0.25, 0.3) is 5.91 Å². The van der Waals surface area contributed by atoms with Gasteiger partial charge in [0, 0.05) is 31.7 Å². The van der Waals surface area contributed by atoms with E-state index in [4.69, 9.17) is 0 Å². The Hall–Kier alpha value is -1.63. The number of likely N-dealkylation sites (N-methyl/N-ethyl adjacent to an activating group) is 1. The first-order valence-electron chi connectivity index (χ1n) is 6.13. The van der Waals surface area contributed by atoms with Crippen LogP contribution in [0, 0.1) is 5.82 Å². The van der Waals surface area contributed by atoms with E-state index in [1.807, 2.05) is 11.9 Å². The molecule has 2 rings (SSSR count). The molecule has 1 fully saturated rings. The van der Waals surface area contributed by atoms with Gasteiger partial charge in [-0.05, 0) is 25.2 Å². The predicted octanol–water partition coefficient (Wildman–Crippen LogP) is 2.23. The number of rotatable bonds is 1. The molecule has 1 heterocycles. The lowest BCUT2D eigenvalue weighted by atomic mass is 10.1. The van der Waals surface area contributed by atoms with E-state index < -0.39 is 23.5 Å². The second-order valence-corrected chi connectivity index (χ2v) is 4.82. The van der Waals surface area contributed by atoms with Crippen LogP contribution in [0.25, 0.3) is 0 Å². The molecule has 7 heteroatoms. The van der Waals surface area contributed by atoms with Gasteiger partial charge in [0.2, 0.25) is 0 Å². The monoisotopic (exact) mass is 290 g/mol. The van der Waals surface area contributed by atoms with Crippen molar-refractivity contribution in [1.82, 2.24) is 9.80 Å². The predicted molar refractivity (Wildman–Crippen MR) is 64.8 cm³/mol. The Balaban J connectivity index is 2.24. The largest absolute Gasteiger partial charge is 0.416 e. The minimum atomic E-state index is -4.67. The van der Waals surface area contributed by atoms with Crippen LogP contribution in [0.3, 0.4) is 0 Å². The fourth-order valence-corrected chi connectivity index (χ4v) is 2.07. The number of nitrogens with zero attached hydrogens (tertiary/aromatic N) is 2. The molecule has 3 nitrogen and oxygen atoms in total. The van der Waals surface area contributed by atoms with Crippen LogP contribution in [0.15, 0.2) is 18.2 Å². The lowest BCUT2D eigenvalue weighted by Gasteiger charge is -2.32. The van der Waals surface area contributed by atoms with E-state index >= 15 is 0 Å². The van der Waals surface area contributed by atoms with Crippen LogP contribution < -0.4 is 0 Å². The van der Waals surface area contributed by atoms with Crippen LogP contribution in [0.2, 0.25) is 0 Å². The van der Waals surface area contributed by atoms with Gasteiger partial charge in [0.15, 0.2) is 0 Å². The smallest absolute Gasteiger partial charge is 0.336 e. The molecule has 1 aliphatic heterocycles. The maximum Gasteiger partial charge on any atom is 0.416 e. The molecule has 0 saturated carbocycles. The maximum absolute atomic E-state index is 13.3. The van der Waals surface area contributed by atoms with Crippen molar-refractivity contribution in [2.45, 2.75) is 6.18 Å². The van der Waals surface area contributed by atoms with Crippen molar-refractivity contribution in [3.63, 3.8) is 0 Å². The number of piperazine rings is 1. The molecular formula is C13H14F4N2O. The second kappa shape index (κ2) is 5.40. The first-order chi connectivity index (χ1) is 9.27. The molecule has 0 spiro atoms. The van der Waals surface area contributed by atoms with Gasteiger partial charge in [0.1, 0.15) is 5.82 Å². The van der Waals surface area contributed by atoms with E-state index in [2.05, 4.69) is 0 Å². The zero-order chi connectivity index (χ0) is 14.9. The Morgan fingerprint density at radius 1 is 1.10 bits per heavy atom. The Morgan fingerprint density at radius 2 is 1.70 bits per heavy atom. The van der Waals surface area contributed by atoms with E-state index in [1.54, 1.807) is 0 Å². The second-order valence-electron chi connectivity index (χ2n) is 4.82. The SMILES string of the molecule is CN1CCN(C(=O)c2cc(F)cc(C(F)(F)F)c2)CC1. The Labute approximate surface area is 113 Å². The van der Waals surface area contributed by atoms with Crippen molar-refractivity contribution >= 4 is 5.91 Å². The highest BCUT2D eigenvalue weighted by Crippen LogP contribution is 2.30. The minimum Gasteiger partial charge on any atom is -0.336 e. The summed E-state index contributed by atoms with van der Waals surface area (Å²) >= 11 is 0. The van der Waals surface area contributed by atoms with E-state index in [1.165, 1.54) is 4.90 Å². The molecule has 0 aromatic heterocycles. The molecule has 1 aliphatic rings. The number of carbonyl (C=O) groups is 1. The third-order valence-electron chi connectivity index (χ3n) is 3.26. The van der Waals surface area contributed by atoms with Gasteiger partial charge in [-0.25, -0.2) is 4.39 Å². The normalized spacial score (nSPS) is 17.4. The summed E-state index contributed by atoms with van der Waals surface area (Å²) in [6, 6.07) is 1.93. The first-order valence-corrected chi connectivity index (χ1v) is 6.13. The summed E-state index contributed by atoms with van der Waals surface area (Å²) < 4.78 is 51.1. The van der Waals surface area contributed by atoms with Crippen molar-refractivity contribution in [1.29, 1.82) is 0 Å². The van der Waals surface area contributed by atoms with Crippen LogP contribution in [0.5, 0.6) is 0 Å². The summed E-state index contributed by atoms with van der Waals surface area (Å²) in [4.78, 5) is 15.6. The average molecular weight is 290 g/mol. The van der Waals surface area contributed by atoms with Crippen molar-refractivity contribution in [3.8, 4) is 0 Å². The number of alkyl halides is 3. The van der Waals surface area contributed by atoms with Crippen LogP contribution in [0.4, 0.5) is 17.6 Å². The Bertz CT molecular complexity index is 508. The quantitative estimate of drug-likeness (QED) is 0.741. The average Bonchev–Trinajstić information content (AvgIpc) is 2.37. The molecule has 1 saturated heterocycles. The first kappa shape index (κ1) is 14.8. The molecule has 20 heavy (non-hydrogen) atoms. The third-order valence-corrected chi connectivity index (χ3v) is 3.26. The molecule has 110 valence electrons. The van der Waals surface area contributed by atoms with Crippen LogP contribution in [-0.2, 0) is 6.18 Å². The summed E-state index contributed by atoms with van der Waals surface area (Å²) in [5.41, 5.74) is -1.41. The highest BCUT2D eigenvalue weighted by atomic mass is 19.4. The number of carbonyl (C=O) groups excluding carboxylic acids is 1. The molecule has 1 amide bonds. The molecule has 0 unspecified atom stereocenters. The number of benzene rings is 1. The molecule has 0 atom stereocenters. The fourth-order valence-electron chi connectivity index (χ4n) is 2.07. The maximum atomic E-state index is 13.3. The summed E-state index contributed by atoms with van der Waals surface area (Å²) in [6.45, 7) is 2.14. The number of hydrogen-bond acceptors (Lipinski definition) is 2.